The highest BCUT2D eigenvalue weighted by Crippen LogP contribution is 2.30. The molecule has 0 aliphatic heterocycles. The van der Waals surface area contributed by atoms with Crippen LogP contribution in [0.25, 0.3) is 0 Å². The Morgan fingerprint density at radius 3 is 2.51 bits per heavy atom. The van der Waals surface area contributed by atoms with Gasteiger partial charge >= 0.3 is 5.97 Å². The number of hydrogen-bond acceptors (Lipinski definition) is 9. The molecule has 1 aromatic heterocycles. The lowest BCUT2D eigenvalue weighted by molar-refractivity contribution is -0.135. The zero-order valence-corrected chi connectivity index (χ0v) is 23.9. The molecule has 39 heavy (non-hydrogen) atoms. The summed E-state index contributed by atoms with van der Waals surface area (Å²) in [7, 11) is 2.65. The van der Waals surface area contributed by atoms with Crippen LogP contribution in [-0.2, 0) is 19.1 Å². The molecule has 1 rings (SSSR count). The van der Waals surface area contributed by atoms with Crippen LogP contribution < -0.4 is 10.1 Å². The Morgan fingerprint density at radius 1 is 1.18 bits per heavy atom. The highest BCUT2D eigenvalue weighted by Gasteiger charge is 2.24. The third kappa shape index (κ3) is 10.6. The van der Waals surface area contributed by atoms with Gasteiger partial charge in [0, 0.05) is 18.0 Å². The first kappa shape index (κ1) is 32.9. The average molecular weight is 559 g/mol. The SMILES string of the molecule is C=C\C=C/C(OC)=C(F)/C(=C/N=C\C)C(/C(=O)Nc1nnc(OCC/C=C\C(=C/C)C(=O)OC)s1)=C(\C)CC. The summed E-state index contributed by atoms with van der Waals surface area (Å²) in [5, 5.41) is 11.0. The van der Waals surface area contributed by atoms with E-state index < -0.39 is 17.7 Å². The molecule has 0 aromatic carbocycles. The predicted octanol–water partition coefficient (Wildman–Crippen LogP) is 6.19. The number of hydrogen-bond donors (Lipinski definition) is 1. The minimum absolute atomic E-state index is 0.0456. The van der Waals surface area contributed by atoms with E-state index in [1.54, 1.807) is 39.0 Å². The summed E-state index contributed by atoms with van der Waals surface area (Å²) >= 11 is 1.02. The normalized spacial score (nSPS) is 13.9. The van der Waals surface area contributed by atoms with Gasteiger partial charge in [-0.3, -0.25) is 15.1 Å². The Labute approximate surface area is 232 Å². The van der Waals surface area contributed by atoms with Gasteiger partial charge in [0.2, 0.25) is 5.13 Å². The molecule has 0 aliphatic carbocycles. The molecule has 0 aliphatic rings. The molecule has 11 heteroatoms. The van der Waals surface area contributed by atoms with Gasteiger partial charge in [-0.05, 0) is 51.0 Å². The van der Waals surface area contributed by atoms with Gasteiger partial charge < -0.3 is 14.2 Å². The van der Waals surface area contributed by atoms with Crippen LogP contribution in [0, 0.1) is 0 Å². The van der Waals surface area contributed by atoms with Crippen molar-refractivity contribution in [1.29, 1.82) is 0 Å². The summed E-state index contributed by atoms with van der Waals surface area (Å²) in [4.78, 5) is 29.0. The second kappa shape index (κ2) is 18.2. The van der Waals surface area contributed by atoms with Crippen LogP contribution in [0.2, 0.25) is 0 Å². The van der Waals surface area contributed by atoms with Gasteiger partial charge in [0.25, 0.3) is 11.1 Å². The van der Waals surface area contributed by atoms with Crippen LogP contribution >= 0.6 is 11.3 Å². The lowest BCUT2D eigenvalue weighted by Crippen LogP contribution is -2.18. The quantitative estimate of drug-likeness (QED) is 0.0682. The number of carbonyl (C=O) groups excluding carboxylic acids is 2. The van der Waals surface area contributed by atoms with Crippen LogP contribution in [0.5, 0.6) is 5.19 Å². The molecule has 1 heterocycles. The van der Waals surface area contributed by atoms with Crippen molar-refractivity contribution in [2.75, 3.05) is 26.1 Å². The van der Waals surface area contributed by atoms with Gasteiger partial charge in [-0.25, -0.2) is 9.18 Å². The maximum atomic E-state index is 15.6. The molecule has 0 spiro atoms. The third-order valence-electron chi connectivity index (χ3n) is 5.03. The molecule has 0 atom stereocenters. The fraction of sp³-hybridized carbons (Fsp3) is 0.321. The number of aromatic nitrogens is 2. The fourth-order valence-corrected chi connectivity index (χ4v) is 3.54. The minimum Gasteiger partial charge on any atom is -0.494 e. The first-order valence-corrected chi connectivity index (χ1v) is 12.9. The molecule has 1 N–H and O–H groups in total. The van der Waals surface area contributed by atoms with Crippen LogP contribution in [0.4, 0.5) is 9.52 Å². The summed E-state index contributed by atoms with van der Waals surface area (Å²) in [6, 6.07) is 0. The Balaban J connectivity index is 3.11. The van der Waals surface area contributed by atoms with Crippen LogP contribution in [-0.4, -0.2) is 49.1 Å². The van der Waals surface area contributed by atoms with Crippen molar-refractivity contribution in [2.24, 2.45) is 4.99 Å². The Hall–Kier alpha value is -4.12. The standard InChI is InChI=1S/C28H35FN4O5S/c1-8-12-16-22(36-6)24(29)21(18-30-11-4)23(19(5)9-2)25(34)31-27-32-33-28(39-27)38-17-14-13-15-20(10-3)26(35)37-7/h8,10-13,15-16,18H,1,9,14,17H2,2-7H3,(H,31,32,34)/b15-13-,16-12-,20-10+,21-18+,23-19-,24-22+,30-11-. The molecular weight excluding hydrogens is 523 g/mol. The summed E-state index contributed by atoms with van der Waals surface area (Å²) < 4.78 is 31.1. The number of allylic oxidation sites excluding steroid dienone is 6. The van der Waals surface area contributed by atoms with Gasteiger partial charge in [-0.2, -0.15) is 0 Å². The smallest absolute Gasteiger partial charge is 0.337 e. The van der Waals surface area contributed by atoms with Gasteiger partial charge in [-0.15, -0.1) is 5.10 Å². The van der Waals surface area contributed by atoms with E-state index in [0.717, 1.165) is 11.3 Å². The second-order valence-electron chi connectivity index (χ2n) is 7.54. The third-order valence-corrected chi connectivity index (χ3v) is 5.78. The molecule has 1 amide bonds. The molecule has 0 unspecified atom stereocenters. The van der Waals surface area contributed by atoms with Crippen molar-refractivity contribution in [3.63, 3.8) is 0 Å². The number of methoxy groups -OCH3 is 2. The number of rotatable bonds is 15. The number of carbonyl (C=O) groups is 2. The van der Waals surface area contributed by atoms with Gasteiger partial charge in [0.15, 0.2) is 11.6 Å². The second-order valence-corrected chi connectivity index (χ2v) is 8.48. The zero-order chi connectivity index (χ0) is 29.2. The van der Waals surface area contributed by atoms with Crippen LogP contribution in [0.3, 0.4) is 0 Å². The van der Waals surface area contributed by atoms with Crippen molar-refractivity contribution >= 4 is 34.6 Å². The molecule has 210 valence electrons. The number of amides is 1. The van der Waals surface area contributed by atoms with E-state index >= 15 is 4.39 Å². The van der Waals surface area contributed by atoms with Gasteiger partial charge in [0.1, 0.15) is 0 Å². The zero-order valence-electron chi connectivity index (χ0n) is 23.1. The first-order chi connectivity index (χ1) is 18.8. The lowest BCUT2D eigenvalue weighted by Gasteiger charge is -2.14. The Morgan fingerprint density at radius 2 is 1.92 bits per heavy atom. The van der Waals surface area contributed by atoms with Crippen molar-refractivity contribution < 1.29 is 28.2 Å². The summed E-state index contributed by atoms with van der Waals surface area (Å²) in [5.41, 5.74) is 1.11. The molecule has 9 nitrogen and oxygen atoms in total. The van der Waals surface area contributed by atoms with Crippen molar-refractivity contribution in [3.8, 4) is 5.19 Å². The molecule has 1 aromatic rings. The van der Waals surface area contributed by atoms with E-state index in [-0.39, 0.29) is 33.8 Å². The summed E-state index contributed by atoms with van der Waals surface area (Å²) in [5.74, 6) is -1.86. The van der Waals surface area contributed by atoms with Gasteiger partial charge in [-0.1, -0.05) is 54.6 Å². The number of esters is 1. The van der Waals surface area contributed by atoms with E-state index in [1.807, 2.05) is 6.92 Å². The Bertz CT molecular complexity index is 1220. The molecule has 0 bridgehead atoms. The predicted molar refractivity (Wildman–Crippen MR) is 153 cm³/mol. The molecule has 0 fully saturated rings. The summed E-state index contributed by atoms with van der Waals surface area (Å²) in [6.45, 7) is 10.9. The fourth-order valence-electron chi connectivity index (χ4n) is 2.92. The number of nitrogens with one attached hydrogen (secondary N) is 1. The van der Waals surface area contributed by atoms with E-state index in [1.165, 1.54) is 44.9 Å². The average Bonchev–Trinajstić information content (AvgIpc) is 3.39. The molecule has 0 saturated heterocycles. The highest BCUT2D eigenvalue weighted by molar-refractivity contribution is 7.17. The molecule has 0 radical (unpaired) electrons. The number of ether oxygens (including phenoxy) is 3. The van der Waals surface area contributed by atoms with E-state index in [9.17, 15) is 9.59 Å². The van der Waals surface area contributed by atoms with E-state index in [2.05, 4.69) is 27.1 Å². The number of anilines is 1. The number of aliphatic imine (C=N–C) groups is 1. The molecule has 0 saturated carbocycles. The number of nitrogens with zero attached hydrogens (tertiary/aromatic N) is 3. The van der Waals surface area contributed by atoms with E-state index in [4.69, 9.17) is 14.2 Å². The first-order valence-electron chi connectivity index (χ1n) is 12.1. The highest BCUT2D eigenvalue weighted by atomic mass is 32.1. The maximum Gasteiger partial charge on any atom is 0.337 e. The minimum atomic E-state index is -0.762. The van der Waals surface area contributed by atoms with Gasteiger partial charge in [0.05, 0.1) is 32.0 Å². The van der Waals surface area contributed by atoms with Crippen LogP contribution in [0.1, 0.15) is 40.5 Å². The summed E-state index contributed by atoms with van der Waals surface area (Å²) in [6.07, 6.45) is 13.2. The largest absolute Gasteiger partial charge is 0.494 e. The van der Waals surface area contributed by atoms with Crippen molar-refractivity contribution in [3.05, 3.63) is 83.1 Å². The van der Waals surface area contributed by atoms with Crippen molar-refractivity contribution in [1.82, 2.24) is 10.2 Å². The topological polar surface area (TPSA) is 112 Å². The Kier molecular flexibility index (Phi) is 15.3. The number of halogens is 1. The molecular formula is C28H35FN4O5S. The van der Waals surface area contributed by atoms with Crippen molar-refractivity contribution in [2.45, 2.75) is 40.5 Å². The monoisotopic (exact) mass is 558 g/mol. The maximum absolute atomic E-state index is 15.6. The van der Waals surface area contributed by atoms with Crippen LogP contribution in [0.15, 0.2) is 88.1 Å². The van der Waals surface area contributed by atoms with E-state index in [0.29, 0.717) is 24.0 Å². The lowest BCUT2D eigenvalue weighted by atomic mass is 9.97.